The highest BCUT2D eigenvalue weighted by Gasteiger charge is 2.47. The molecule has 0 aliphatic carbocycles. The molecule has 0 fully saturated rings. The van der Waals surface area contributed by atoms with Crippen molar-refractivity contribution in [3.63, 3.8) is 0 Å². The molecular formula is C16H11F6N3O3S. The molecule has 0 amide bonds. The first-order valence-corrected chi connectivity index (χ1v) is 8.95. The number of nitriles is 1. The van der Waals surface area contributed by atoms with Crippen LogP contribution in [0, 0.1) is 11.3 Å². The van der Waals surface area contributed by atoms with Crippen LogP contribution in [-0.4, -0.2) is 37.3 Å². The zero-order chi connectivity index (χ0) is 22.0. The van der Waals surface area contributed by atoms with E-state index in [1.54, 1.807) is 6.07 Å². The molecular weight excluding hydrogens is 428 g/mol. The van der Waals surface area contributed by atoms with Crippen LogP contribution in [0.2, 0.25) is 0 Å². The highest BCUT2D eigenvalue weighted by Crippen LogP contribution is 2.40. The third-order valence-electron chi connectivity index (χ3n) is 3.62. The van der Waals surface area contributed by atoms with Gasteiger partial charge in [0.05, 0.1) is 5.56 Å². The summed E-state index contributed by atoms with van der Waals surface area (Å²) in [4.78, 5) is 2.86. The lowest BCUT2D eigenvalue weighted by Gasteiger charge is -2.29. The van der Waals surface area contributed by atoms with Crippen LogP contribution in [0.4, 0.5) is 26.3 Å². The van der Waals surface area contributed by atoms with Crippen LogP contribution in [0.3, 0.4) is 0 Å². The SMILES string of the molecule is CN(C(c1ccc(OC(F)(F)F)cc1)C(F)(F)F)S(=O)(=O)c1cncc(C#N)c1. The van der Waals surface area contributed by atoms with E-state index >= 15 is 0 Å². The third-order valence-corrected chi connectivity index (χ3v) is 5.41. The van der Waals surface area contributed by atoms with E-state index in [0.29, 0.717) is 31.3 Å². The van der Waals surface area contributed by atoms with Gasteiger partial charge >= 0.3 is 12.5 Å². The number of halogens is 6. The zero-order valence-electron chi connectivity index (χ0n) is 14.4. The summed E-state index contributed by atoms with van der Waals surface area (Å²) in [5.74, 6) is -0.765. The molecule has 29 heavy (non-hydrogen) atoms. The number of ether oxygens (including phenoxy) is 1. The van der Waals surface area contributed by atoms with E-state index in [0.717, 1.165) is 18.5 Å². The van der Waals surface area contributed by atoms with Crippen molar-refractivity contribution in [3.8, 4) is 11.8 Å². The van der Waals surface area contributed by atoms with Gasteiger partial charge in [0.2, 0.25) is 10.0 Å². The molecule has 1 heterocycles. The average molecular weight is 439 g/mol. The van der Waals surface area contributed by atoms with Gasteiger partial charge in [-0.1, -0.05) is 12.1 Å². The summed E-state index contributed by atoms with van der Waals surface area (Å²) in [7, 11) is -4.09. The Bertz CT molecular complexity index is 1010. The van der Waals surface area contributed by atoms with Crippen molar-refractivity contribution in [2.75, 3.05) is 7.05 Å². The molecule has 6 nitrogen and oxygen atoms in total. The van der Waals surface area contributed by atoms with Crippen LogP contribution in [0.25, 0.3) is 0 Å². The Kier molecular flexibility index (Phi) is 6.10. The topological polar surface area (TPSA) is 83.3 Å². The first-order chi connectivity index (χ1) is 13.3. The van der Waals surface area contributed by atoms with Crippen LogP contribution >= 0.6 is 0 Å². The van der Waals surface area contributed by atoms with E-state index < -0.39 is 44.8 Å². The molecule has 1 atom stereocenters. The first-order valence-electron chi connectivity index (χ1n) is 7.51. The van der Waals surface area contributed by atoms with Gasteiger partial charge < -0.3 is 4.74 Å². The molecule has 1 unspecified atom stereocenters. The van der Waals surface area contributed by atoms with E-state index in [9.17, 15) is 34.8 Å². The Morgan fingerprint density at radius 1 is 1.10 bits per heavy atom. The lowest BCUT2D eigenvalue weighted by molar-refractivity contribution is -0.274. The van der Waals surface area contributed by atoms with Crippen molar-refractivity contribution in [1.82, 2.24) is 9.29 Å². The fraction of sp³-hybridized carbons (Fsp3) is 0.250. The molecule has 0 saturated carbocycles. The number of rotatable bonds is 5. The van der Waals surface area contributed by atoms with Crippen molar-refractivity contribution in [1.29, 1.82) is 5.26 Å². The van der Waals surface area contributed by atoms with Gasteiger partial charge in [-0.2, -0.15) is 22.7 Å². The lowest BCUT2D eigenvalue weighted by atomic mass is 10.1. The molecule has 1 aromatic heterocycles. The minimum Gasteiger partial charge on any atom is -0.406 e. The summed E-state index contributed by atoms with van der Waals surface area (Å²) in [6.07, 6.45) is -8.33. The molecule has 0 aliphatic heterocycles. The predicted octanol–water partition coefficient (Wildman–Crippen LogP) is 3.78. The minimum atomic E-state index is -5.10. The molecule has 0 radical (unpaired) electrons. The highest BCUT2D eigenvalue weighted by atomic mass is 32.2. The average Bonchev–Trinajstić information content (AvgIpc) is 2.61. The number of hydrogen-bond donors (Lipinski definition) is 0. The summed E-state index contributed by atoms with van der Waals surface area (Å²) in [6.45, 7) is 0. The molecule has 0 spiro atoms. The van der Waals surface area contributed by atoms with E-state index in [1.165, 1.54) is 0 Å². The summed E-state index contributed by atoms with van der Waals surface area (Å²) >= 11 is 0. The van der Waals surface area contributed by atoms with Crippen LogP contribution in [-0.2, 0) is 10.0 Å². The largest absolute Gasteiger partial charge is 0.573 e. The summed E-state index contributed by atoms with van der Waals surface area (Å²) in [5.41, 5.74) is -0.820. The van der Waals surface area contributed by atoms with Gasteiger partial charge in [-0.05, 0) is 23.8 Å². The maximum absolute atomic E-state index is 13.6. The third kappa shape index (κ3) is 5.36. The summed E-state index contributed by atoms with van der Waals surface area (Å²) in [5, 5.41) is 8.82. The smallest absolute Gasteiger partial charge is 0.406 e. The number of sulfonamides is 1. The Morgan fingerprint density at radius 2 is 1.69 bits per heavy atom. The minimum absolute atomic E-state index is 0.00475. The highest BCUT2D eigenvalue weighted by molar-refractivity contribution is 7.89. The predicted molar refractivity (Wildman–Crippen MR) is 85.8 cm³/mol. The Hall–Kier alpha value is -2.85. The zero-order valence-corrected chi connectivity index (χ0v) is 15.2. The van der Waals surface area contributed by atoms with Gasteiger partial charge in [0, 0.05) is 19.4 Å². The molecule has 156 valence electrons. The van der Waals surface area contributed by atoms with E-state index in [4.69, 9.17) is 5.26 Å². The number of nitrogens with zero attached hydrogens (tertiary/aromatic N) is 3. The van der Waals surface area contributed by atoms with Crippen LogP contribution < -0.4 is 4.74 Å². The van der Waals surface area contributed by atoms with Crippen molar-refractivity contribution < 1.29 is 39.5 Å². The molecule has 2 aromatic rings. The van der Waals surface area contributed by atoms with Gasteiger partial charge in [0.15, 0.2) is 0 Å². The van der Waals surface area contributed by atoms with Crippen LogP contribution in [0.1, 0.15) is 17.2 Å². The Balaban J connectivity index is 2.46. The van der Waals surface area contributed by atoms with Crippen molar-refractivity contribution in [2.24, 2.45) is 0 Å². The molecule has 0 saturated heterocycles. The molecule has 0 bridgehead atoms. The van der Waals surface area contributed by atoms with Gasteiger partial charge in [-0.15, -0.1) is 13.2 Å². The second-order valence-electron chi connectivity index (χ2n) is 5.60. The summed E-state index contributed by atoms with van der Waals surface area (Å²) in [6, 6.07) is 2.39. The normalized spacial score (nSPS) is 13.8. The van der Waals surface area contributed by atoms with Crippen LogP contribution in [0.5, 0.6) is 5.75 Å². The van der Waals surface area contributed by atoms with E-state index in [-0.39, 0.29) is 9.87 Å². The van der Waals surface area contributed by atoms with E-state index in [2.05, 4.69) is 9.72 Å². The fourth-order valence-corrected chi connectivity index (χ4v) is 3.70. The van der Waals surface area contributed by atoms with Gasteiger partial charge in [-0.25, -0.2) is 8.42 Å². The number of benzene rings is 1. The maximum Gasteiger partial charge on any atom is 0.573 e. The second kappa shape index (κ2) is 7.88. The summed E-state index contributed by atoms with van der Waals surface area (Å²) < 4.78 is 106. The Morgan fingerprint density at radius 3 is 2.17 bits per heavy atom. The second-order valence-corrected chi connectivity index (χ2v) is 7.60. The number of hydrogen-bond acceptors (Lipinski definition) is 5. The van der Waals surface area contributed by atoms with Crippen molar-refractivity contribution in [2.45, 2.75) is 23.5 Å². The van der Waals surface area contributed by atoms with Gasteiger partial charge in [-0.3, -0.25) is 4.98 Å². The van der Waals surface area contributed by atoms with Crippen LogP contribution in [0.15, 0.2) is 47.6 Å². The molecule has 2 rings (SSSR count). The molecule has 1 aromatic carbocycles. The molecule has 13 heteroatoms. The first kappa shape index (κ1) is 22.4. The van der Waals surface area contributed by atoms with Crippen molar-refractivity contribution in [3.05, 3.63) is 53.9 Å². The molecule has 0 N–H and O–H groups in total. The quantitative estimate of drug-likeness (QED) is 0.663. The van der Waals surface area contributed by atoms with Gasteiger partial charge in [0.1, 0.15) is 22.8 Å². The number of alkyl halides is 6. The maximum atomic E-state index is 13.6. The fourth-order valence-electron chi connectivity index (χ4n) is 2.38. The number of pyridine rings is 1. The monoisotopic (exact) mass is 439 g/mol. The number of aromatic nitrogens is 1. The van der Waals surface area contributed by atoms with Gasteiger partial charge in [0.25, 0.3) is 0 Å². The van der Waals surface area contributed by atoms with Crippen molar-refractivity contribution >= 4 is 10.0 Å². The molecule has 0 aliphatic rings. The lowest BCUT2D eigenvalue weighted by Crippen LogP contribution is -2.39. The van der Waals surface area contributed by atoms with E-state index in [1.807, 2.05) is 0 Å². The Labute approximate surface area is 161 Å². The standard InChI is InChI=1S/C16H11F6N3O3S/c1-25(29(26,27)13-6-10(7-23)8-24-9-13)14(15(17,18)19)11-2-4-12(5-3-11)28-16(20,21)22/h2-6,8-9,14H,1H3.